The third-order valence-electron chi connectivity index (χ3n) is 8.35. The van der Waals surface area contributed by atoms with Gasteiger partial charge < -0.3 is 9.80 Å². The number of nitrogens with zero attached hydrogens (tertiary/aromatic N) is 4. The molecule has 158 valence electrons. The third kappa shape index (κ3) is 3.36. The standard InChI is InChI=1S/C22H33N5O2/c28-20(18-8-3-6-16-5-1-2-7-17(16)18)27-12-4-9-22(27)10-13-26(14-11-22)21(29)19-23-15-24-25-19/h15-18H,1-14H2,(H,23,24,25)/t16-,17-,18-/m1/s1. The Morgan fingerprint density at radius 2 is 1.76 bits per heavy atom. The van der Waals surface area contributed by atoms with E-state index in [1.807, 2.05) is 4.90 Å². The molecule has 4 aliphatic rings. The Balaban J connectivity index is 1.28. The molecule has 1 N–H and O–H groups in total. The van der Waals surface area contributed by atoms with Crippen LogP contribution in [-0.2, 0) is 4.79 Å². The minimum absolute atomic E-state index is 0.0309. The number of aromatic nitrogens is 3. The minimum atomic E-state index is -0.0782. The fourth-order valence-corrected chi connectivity index (χ4v) is 6.83. The number of hydrogen-bond acceptors (Lipinski definition) is 4. The van der Waals surface area contributed by atoms with Gasteiger partial charge in [0.05, 0.1) is 0 Å². The molecule has 1 spiro atoms. The second-order valence-corrected chi connectivity index (χ2v) is 9.69. The number of rotatable bonds is 2. The summed E-state index contributed by atoms with van der Waals surface area (Å²) in [4.78, 5) is 34.5. The van der Waals surface area contributed by atoms with Crippen LogP contribution < -0.4 is 0 Å². The fourth-order valence-electron chi connectivity index (χ4n) is 6.83. The lowest BCUT2D eigenvalue weighted by Crippen LogP contribution is -2.57. The molecular weight excluding hydrogens is 366 g/mol. The van der Waals surface area contributed by atoms with Gasteiger partial charge in [0.15, 0.2) is 0 Å². The summed E-state index contributed by atoms with van der Waals surface area (Å²) in [6, 6.07) is 0. The van der Waals surface area contributed by atoms with Crippen LogP contribution >= 0.6 is 0 Å². The molecule has 4 fully saturated rings. The van der Waals surface area contributed by atoms with Crippen LogP contribution in [0.15, 0.2) is 6.33 Å². The van der Waals surface area contributed by atoms with Gasteiger partial charge in [0.25, 0.3) is 5.91 Å². The van der Waals surface area contributed by atoms with E-state index in [-0.39, 0.29) is 17.4 Å². The highest BCUT2D eigenvalue weighted by Crippen LogP contribution is 2.47. The Morgan fingerprint density at radius 1 is 0.966 bits per heavy atom. The van der Waals surface area contributed by atoms with Crippen molar-refractivity contribution in [2.75, 3.05) is 19.6 Å². The monoisotopic (exact) mass is 399 g/mol. The molecule has 0 aromatic carbocycles. The molecule has 2 aliphatic carbocycles. The number of aromatic amines is 1. The molecular formula is C22H33N5O2. The number of amides is 2. The summed E-state index contributed by atoms with van der Waals surface area (Å²) in [5.74, 6) is 2.32. The molecule has 1 aromatic heterocycles. The zero-order valence-electron chi connectivity index (χ0n) is 17.3. The number of fused-ring (bicyclic) bond motifs is 1. The molecule has 3 heterocycles. The topological polar surface area (TPSA) is 82.2 Å². The molecule has 0 bridgehead atoms. The molecule has 2 aliphatic heterocycles. The van der Waals surface area contributed by atoms with Crippen LogP contribution in [0.5, 0.6) is 0 Å². The molecule has 2 saturated heterocycles. The van der Waals surface area contributed by atoms with Crippen LogP contribution in [0.1, 0.15) is 81.2 Å². The van der Waals surface area contributed by atoms with Gasteiger partial charge in [-0.15, -0.1) is 0 Å². The Morgan fingerprint density at radius 3 is 2.55 bits per heavy atom. The first-order chi connectivity index (χ1) is 14.2. The summed E-state index contributed by atoms with van der Waals surface area (Å²) in [7, 11) is 0. The third-order valence-corrected chi connectivity index (χ3v) is 8.35. The lowest BCUT2D eigenvalue weighted by Gasteiger charge is -2.48. The molecule has 29 heavy (non-hydrogen) atoms. The number of hydrogen-bond donors (Lipinski definition) is 1. The zero-order valence-corrected chi connectivity index (χ0v) is 17.3. The Hall–Kier alpha value is -1.92. The Labute approximate surface area is 172 Å². The SMILES string of the molecule is O=C(c1ncn[nH]1)N1CCC2(CCCN2C(=O)[C@@H]2CCC[C@H]3CCCC[C@H]32)CC1. The van der Waals surface area contributed by atoms with Crippen LogP contribution in [0, 0.1) is 17.8 Å². The summed E-state index contributed by atoms with van der Waals surface area (Å²) in [5.41, 5.74) is -0.0309. The Kier molecular flexibility index (Phi) is 5.08. The van der Waals surface area contributed by atoms with Crippen molar-refractivity contribution in [3.63, 3.8) is 0 Å². The van der Waals surface area contributed by atoms with Crippen molar-refractivity contribution in [3.8, 4) is 0 Å². The lowest BCUT2D eigenvalue weighted by molar-refractivity contribution is -0.146. The van der Waals surface area contributed by atoms with E-state index in [9.17, 15) is 9.59 Å². The summed E-state index contributed by atoms with van der Waals surface area (Å²) < 4.78 is 0. The molecule has 2 saturated carbocycles. The van der Waals surface area contributed by atoms with Crippen molar-refractivity contribution in [3.05, 3.63) is 12.2 Å². The average Bonchev–Trinajstić information content (AvgIpc) is 3.44. The Bertz CT molecular complexity index is 738. The number of likely N-dealkylation sites (tertiary alicyclic amines) is 2. The van der Waals surface area contributed by atoms with Gasteiger partial charge in [-0.2, -0.15) is 5.10 Å². The normalized spacial score (nSPS) is 31.7. The van der Waals surface area contributed by atoms with Crippen LogP contribution in [0.25, 0.3) is 0 Å². The second-order valence-electron chi connectivity index (χ2n) is 9.69. The molecule has 5 rings (SSSR count). The number of nitrogens with one attached hydrogen (secondary N) is 1. The highest BCUT2D eigenvalue weighted by atomic mass is 16.2. The van der Waals surface area contributed by atoms with E-state index in [1.165, 1.54) is 44.9 Å². The van der Waals surface area contributed by atoms with Crippen LogP contribution in [0.4, 0.5) is 0 Å². The molecule has 3 atom stereocenters. The fraction of sp³-hybridized carbons (Fsp3) is 0.818. The number of carbonyl (C=O) groups excluding carboxylic acids is 2. The van der Waals surface area contributed by atoms with Crippen molar-refractivity contribution in [1.29, 1.82) is 0 Å². The quantitative estimate of drug-likeness (QED) is 0.829. The first kappa shape index (κ1) is 19.1. The van der Waals surface area contributed by atoms with Crippen molar-refractivity contribution in [1.82, 2.24) is 25.0 Å². The first-order valence-corrected chi connectivity index (χ1v) is 11.6. The summed E-state index contributed by atoms with van der Waals surface area (Å²) in [5, 5.41) is 6.47. The van der Waals surface area contributed by atoms with Gasteiger partial charge >= 0.3 is 0 Å². The molecule has 0 unspecified atom stereocenters. The van der Waals surface area contributed by atoms with E-state index < -0.39 is 0 Å². The van der Waals surface area contributed by atoms with Crippen LogP contribution in [-0.4, -0.2) is 62.0 Å². The molecule has 7 heteroatoms. The predicted octanol–water partition coefficient (Wildman–Crippen LogP) is 3.01. The molecule has 1 aromatic rings. The summed E-state index contributed by atoms with van der Waals surface area (Å²) in [6.45, 7) is 2.29. The lowest BCUT2D eigenvalue weighted by atomic mass is 9.65. The molecule has 7 nitrogen and oxygen atoms in total. The van der Waals surface area contributed by atoms with Gasteiger partial charge in [-0.3, -0.25) is 14.7 Å². The van der Waals surface area contributed by atoms with Gasteiger partial charge in [-0.25, -0.2) is 4.98 Å². The van der Waals surface area contributed by atoms with Gasteiger partial charge in [0.1, 0.15) is 6.33 Å². The number of H-pyrrole nitrogens is 1. The largest absolute Gasteiger partial charge is 0.337 e. The van der Waals surface area contributed by atoms with E-state index >= 15 is 0 Å². The highest BCUT2D eigenvalue weighted by Gasteiger charge is 2.49. The maximum absolute atomic E-state index is 13.8. The van der Waals surface area contributed by atoms with E-state index in [4.69, 9.17) is 0 Å². The van der Waals surface area contributed by atoms with E-state index in [2.05, 4.69) is 20.1 Å². The van der Waals surface area contributed by atoms with Crippen molar-refractivity contribution < 1.29 is 9.59 Å². The van der Waals surface area contributed by atoms with Gasteiger partial charge in [0.2, 0.25) is 11.7 Å². The van der Waals surface area contributed by atoms with Crippen molar-refractivity contribution in [2.45, 2.75) is 76.2 Å². The summed E-state index contributed by atoms with van der Waals surface area (Å²) >= 11 is 0. The van der Waals surface area contributed by atoms with E-state index in [0.29, 0.717) is 30.7 Å². The van der Waals surface area contributed by atoms with Gasteiger partial charge in [0, 0.05) is 31.1 Å². The molecule has 0 radical (unpaired) electrons. The van der Waals surface area contributed by atoms with Gasteiger partial charge in [-0.05, 0) is 50.4 Å². The smallest absolute Gasteiger partial charge is 0.291 e. The summed E-state index contributed by atoms with van der Waals surface area (Å²) in [6.07, 6.45) is 14.2. The zero-order chi connectivity index (χ0) is 19.8. The minimum Gasteiger partial charge on any atom is -0.337 e. The second kappa shape index (κ2) is 7.73. The van der Waals surface area contributed by atoms with Crippen molar-refractivity contribution >= 4 is 11.8 Å². The maximum Gasteiger partial charge on any atom is 0.291 e. The number of carbonyl (C=O) groups is 2. The van der Waals surface area contributed by atoms with E-state index in [1.54, 1.807) is 0 Å². The van der Waals surface area contributed by atoms with Crippen LogP contribution in [0.3, 0.4) is 0 Å². The predicted molar refractivity (Wildman–Crippen MR) is 108 cm³/mol. The highest BCUT2D eigenvalue weighted by molar-refractivity contribution is 5.90. The number of piperidine rings is 1. The van der Waals surface area contributed by atoms with Crippen LogP contribution in [0.2, 0.25) is 0 Å². The first-order valence-electron chi connectivity index (χ1n) is 11.6. The van der Waals surface area contributed by atoms with E-state index in [0.717, 1.165) is 44.6 Å². The van der Waals surface area contributed by atoms with Gasteiger partial charge in [-0.1, -0.05) is 32.1 Å². The molecule has 2 amide bonds. The maximum atomic E-state index is 13.8. The average molecular weight is 400 g/mol. The van der Waals surface area contributed by atoms with Crippen molar-refractivity contribution in [2.24, 2.45) is 17.8 Å².